The van der Waals surface area contributed by atoms with Gasteiger partial charge in [0.15, 0.2) is 11.5 Å². The van der Waals surface area contributed by atoms with E-state index in [1.165, 1.54) is 6.07 Å². The second-order valence-corrected chi connectivity index (χ2v) is 4.15. The van der Waals surface area contributed by atoms with E-state index in [1.54, 1.807) is 19.1 Å². The Morgan fingerprint density at radius 3 is 2.00 bits per heavy atom. The van der Waals surface area contributed by atoms with Crippen molar-refractivity contribution in [1.29, 1.82) is 0 Å². The molecule has 0 aliphatic heterocycles. The molecule has 0 fully saturated rings. The number of hydrogen-bond donors (Lipinski definition) is 3. The molecule has 0 radical (unpaired) electrons. The minimum absolute atomic E-state index is 0.0401. The van der Waals surface area contributed by atoms with Crippen molar-refractivity contribution in [3.8, 4) is 28.4 Å². The largest absolute Gasteiger partial charge is 0.507 e. The molecule has 0 saturated heterocycles. The fraction of sp³-hybridized carbons (Fsp3) is 0.143. The highest BCUT2D eigenvalue weighted by molar-refractivity contribution is 5.80. The van der Waals surface area contributed by atoms with Crippen LogP contribution in [0.2, 0.25) is 0 Å². The molecule has 0 heterocycles. The number of aryl methyl sites for hydroxylation is 2. The van der Waals surface area contributed by atoms with Crippen molar-refractivity contribution in [2.75, 3.05) is 0 Å². The summed E-state index contributed by atoms with van der Waals surface area (Å²) in [4.78, 5) is 0. The predicted molar refractivity (Wildman–Crippen MR) is 66.3 cm³/mol. The van der Waals surface area contributed by atoms with Crippen molar-refractivity contribution < 1.29 is 15.3 Å². The third-order valence-corrected chi connectivity index (χ3v) is 2.78. The maximum Gasteiger partial charge on any atom is 0.169 e. The van der Waals surface area contributed by atoms with E-state index >= 15 is 0 Å². The van der Waals surface area contributed by atoms with Gasteiger partial charge in [-0.05, 0) is 31.0 Å². The van der Waals surface area contributed by atoms with Gasteiger partial charge in [0, 0.05) is 0 Å². The van der Waals surface area contributed by atoms with Gasteiger partial charge in [-0.3, -0.25) is 0 Å². The highest BCUT2D eigenvalue weighted by atomic mass is 16.3. The molecule has 17 heavy (non-hydrogen) atoms. The molecule has 3 N–H and O–H groups in total. The van der Waals surface area contributed by atoms with Gasteiger partial charge in [-0.25, -0.2) is 0 Å². The van der Waals surface area contributed by atoms with Crippen molar-refractivity contribution in [3.63, 3.8) is 0 Å². The summed E-state index contributed by atoms with van der Waals surface area (Å²) in [5.41, 5.74) is 2.45. The lowest BCUT2D eigenvalue weighted by Gasteiger charge is -2.11. The summed E-state index contributed by atoms with van der Waals surface area (Å²) in [6.07, 6.45) is 0. The zero-order chi connectivity index (χ0) is 12.6. The SMILES string of the molecule is Cc1ccc(-c2c(O)cc(C)c(O)c2O)cc1. The standard InChI is InChI=1S/C14H14O3/c1-8-3-5-10(6-4-8)12-11(15)7-9(2)13(16)14(12)17/h3-7,15-17H,1-2H3. The average molecular weight is 230 g/mol. The van der Waals surface area contributed by atoms with Gasteiger partial charge in [0.1, 0.15) is 5.75 Å². The first-order chi connectivity index (χ1) is 8.00. The van der Waals surface area contributed by atoms with Crippen LogP contribution in [0.5, 0.6) is 17.2 Å². The first-order valence-electron chi connectivity index (χ1n) is 5.32. The lowest BCUT2D eigenvalue weighted by atomic mass is 10.00. The highest BCUT2D eigenvalue weighted by Gasteiger charge is 2.16. The summed E-state index contributed by atoms with van der Waals surface area (Å²) >= 11 is 0. The van der Waals surface area contributed by atoms with E-state index in [-0.39, 0.29) is 22.8 Å². The maximum atomic E-state index is 9.87. The number of aromatic hydroxyl groups is 3. The molecule has 0 saturated carbocycles. The van der Waals surface area contributed by atoms with Gasteiger partial charge in [0.05, 0.1) is 5.56 Å². The Labute approximate surface area is 99.6 Å². The van der Waals surface area contributed by atoms with Crippen LogP contribution in [0.4, 0.5) is 0 Å². The summed E-state index contributed by atoms with van der Waals surface area (Å²) in [7, 11) is 0. The van der Waals surface area contributed by atoms with Crippen molar-refractivity contribution >= 4 is 0 Å². The number of benzene rings is 2. The van der Waals surface area contributed by atoms with E-state index in [2.05, 4.69) is 0 Å². The molecule has 0 aromatic heterocycles. The third-order valence-electron chi connectivity index (χ3n) is 2.78. The summed E-state index contributed by atoms with van der Waals surface area (Å²) < 4.78 is 0. The number of hydrogen-bond acceptors (Lipinski definition) is 3. The Morgan fingerprint density at radius 1 is 0.824 bits per heavy atom. The van der Waals surface area contributed by atoms with Gasteiger partial charge >= 0.3 is 0 Å². The van der Waals surface area contributed by atoms with Crippen LogP contribution in [-0.2, 0) is 0 Å². The molecule has 0 atom stereocenters. The second kappa shape index (κ2) is 4.01. The Balaban J connectivity index is 2.67. The number of rotatable bonds is 1. The molecular weight excluding hydrogens is 216 g/mol. The molecule has 0 amide bonds. The smallest absolute Gasteiger partial charge is 0.169 e. The van der Waals surface area contributed by atoms with E-state index in [1.807, 2.05) is 19.1 Å². The number of phenols is 3. The molecule has 3 heteroatoms. The Hall–Kier alpha value is -2.16. The van der Waals surface area contributed by atoms with E-state index in [9.17, 15) is 15.3 Å². The first kappa shape index (κ1) is 11.3. The molecule has 0 unspecified atom stereocenters. The fourth-order valence-electron chi connectivity index (χ4n) is 1.78. The van der Waals surface area contributed by atoms with E-state index < -0.39 is 0 Å². The lowest BCUT2D eigenvalue weighted by Crippen LogP contribution is -1.85. The quantitative estimate of drug-likeness (QED) is 0.521. The molecule has 2 rings (SSSR count). The monoisotopic (exact) mass is 230 g/mol. The van der Waals surface area contributed by atoms with Crippen LogP contribution >= 0.6 is 0 Å². The normalized spacial score (nSPS) is 10.5. The first-order valence-corrected chi connectivity index (χ1v) is 5.32. The molecular formula is C14H14O3. The molecule has 0 spiro atoms. The van der Waals surface area contributed by atoms with E-state index in [0.717, 1.165) is 5.56 Å². The van der Waals surface area contributed by atoms with Gasteiger partial charge in [-0.2, -0.15) is 0 Å². The van der Waals surface area contributed by atoms with Gasteiger partial charge in [-0.1, -0.05) is 29.8 Å². The zero-order valence-corrected chi connectivity index (χ0v) is 9.73. The molecule has 3 nitrogen and oxygen atoms in total. The van der Waals surface area contributed by atoms with Gasteiger partial charge < -0.3 is 15.3 Å². The van der Waals surface area contributed by atoms with Gasteiger partial charge in [-0.15, -0.1) is 0 Å². The Kier molecular flexibility index (Phi) is 2.68. The molecule has 2 aromatic carbocycles. The molecule has 0 aliphatic rings. The van der Waals surface area contributed by atoms with Crippen molar-refractivity contribution in [3.05, 3.63) is 41.5 Å². The van der Waals surface area contributed by atoms with E-state index in [0.29, 0.717) is 11.1 Å². The van der Waals surface area contributed by atoms with Crippen LogP contribution in [0.25, 0.3) is 11.1 Å². The minimum atomic E-state index is -0.286. The highest BCUT2D eigenvalue weighted by Crippen LogP contribution is 2.44. The number of phenolic OH excluding ortho intramolecular Hbond substituents is 3. The van der Waals surface area contributed by atoms with Gasteiger partial charge in [0.2, 0.25) is 0 Å². The summed E-state index contributed by atoms with van der Waals surface area (Å²) in [5.74, 6) is -0.522. The summed E-state index contributed by atoms with van der Waals surface area (Å²) in [6.45, 7) is 3.57. The summed E-state index contributed by atoms with van der Waals surface area (Å²) in [6, 6.07) is 8.78. The van der Waals surface area contributed by atoms with Crippen LogP contribution in [0.1, 0.15) is 11.1 Å². The van der Waals surface area contributed by atoms with E-state index in [4.69, 9.17) is 0 Å². The average Bonchev–Trinajstić information content (AvgIpc) is 2.29. The van der Waals surface area contributed by atoms with Crippen molar-refractivity contribution in [2.24, 2.45) is 0 Å². The Bertz CT molecular complexity index is 557. The zero-order valence-electron chi connectivity index (χ0n) is 9.73. The van der Waals surface area contributed by atoms with Crippen LogP contribution in [0.15, 0.2) is 30.3 Å². The lowest BCUT2D eigenvalue weighted by molar-refractivity contribution is 0.396. The molecule has 88 valence electrons. The van der Waals surface area contributed by atoms with Crippen LogP contribution in [0.3, 0.4) is 0 Å². The van der Waals surface area contributed by atoms with Gasteiger partial charge in [0.25, 0.3) is 0 Å². The summed E-state index contributed by atoms with van der Waals surface area (Å²) in [5, 5.41) is 29.4. The maximum absolute atomic E-state index is 9.87. The molecule has 0 bridgehead atoms. The molecule has 2 aromatic rings. The van der Waals surface area contributed by atoms with Crippen LogP contribution in [-0.4, -0.2) is 15.3 Å². The van der Waals surface area contributed by atoms with Crippen LogP contribution < -0.4 is 0 Å². The van der Waals surface area contributed by atoms with Crippen LogP contribution in [0, 0.1) is 13.8 Å². The third kappa shape index (κ3) is 1.91. The fourth-order valence-corrected chi connectivity index (χ4v) is 1.78. The topological polar surface area (TPSA) is 60.7 Å². The van der Waals surface area contributed by atoms with Crippen molar-refractivity contribution in [2.45, 2.75) is 13.8 Å². The minimum Gasteiger partial charge on any atom is -0.507 e. The molecule has 0 aliphatic carbocycles. The Morgan fingerprint density at radius 2 is 1.41 bits per heavy atom. The predicted octanol–water partition coefficient (Wildman–Crippen LogP) is 3.09. The second-order valence-electron chi connectivity index (χ2n) is 4.15. The van der Waals surface area contributed by atoms with Crippen molar-refractivity contribution in [1.82, 2.24) is 0 Å².